The number of benzene rings is 1. The highest BCUT2D eigenvalue weighted by atomic mass is 35.5. The van der Waals surface area contributed by atoms with Crippen molar-refractivity contribution in [2.75, 3.05) is 38.2 Å². The zero-order valence-electron chi connectivity index (χ0n) is 18.0. The molecule has 0 unspecified atom stereocenters. The van der Waals surface area contributed by atoms with Gasteiger partial charge in [0.05, 0.1) is 12.3 Å². The molecule has 0 spiro atoms. The summed E-state index contributed by atoms with van der Waals surface area (Å²) in [4.78, 5) is 14.5. The number of halogens is 1. The van der Waals surface area contributed by atoms with Gasteiger partial charge in [0.1, 0.15) is 12.4 Å². The van der Waals surface area contributed by atoms with Crippen LogP contribution in [0.4, 0.5) is 10.5 Å². The number of unbranched alkanes of at least 4 members (excludes halogenated alkanes) is 6. The Morgan fingerprint density at radius 1 is 0.966 bits per heavy atom. The number of likely N-dealkylation sites (tertiary alicyclic amines) is 1. The van der Waals surface area contributed by atoms with Crippen LogP contribution in [-0.4, -0.2) is 43.8 Å². The number of nitrogens with one attached hydrogen (secondary N) is 1. The van der Waals surface area contributed by atoms with E-state index in [1.54, 1.807) is 0 Å². The molecule has 2 rings (SSSR count). The van der Waals surface area contributed by atoms with E-state index in [9.17, 15) is 4.79 Å². The van der Waals surface area contributed by atoms with Crippen LogP contribution in [0.2, 0.25) is 0 Å². The summed E-state index contributed by atoms with van der Waals surface area (Å²) in [6, 6.07) is 7.56. The van der Waals surface area contributed by atoms with Gasteiger partial charge in [-0.05, 0) is 44.5 Å². The molecule has 0 bridgehead atoms. The summed E-state index contributed by atoms with van der Waals surface area (Å²) in [7, 11) is 0. The molecule has 0 radical (unpaired) electrons. The lowest BCUT2D eigenvalue weighted by Gasteiger charge is -2.25. The topological polar surface area (TPSA) is 50.8 Å². The molecule has 1 aromatic carbocycles. The maximum absolute atomic E-state index is 12.1. The lowest BCUT2D eigenvalue weighted by atomic mass is 10.1. The van der Waals surface area contributed by atoms with Crippen molar-refractivity contribution in [2.45, 2.75) is 71.1 Å². The lowest BCUT2D eigenvalue weighted by Crippen LogP contribution is -2.33. The van der Waals surface area contributed by atoms with Crippen molar-refractivity contribution in [3.05, 3.63) is 24.3 Å². The second-order valence-corrected chi connectivity index (χ2v) is 7.63. The van der Waals surface area contributed by atoms with Gasteiger partial charge >= 0.3 is 6.09 Å². The molecule has 1 fully saturated rings. The van der Waals surface area contributed by atoms with Crippen LogP contribution in [0.15, 0.2) is 24.3 Å². The Labute approximate surface area is 182 Å². The van der Waals surface area contributed by atoms with E-state index < -0.39 is 6.09 Å². The standard InChI is InChI=1S/C23H38N2O3.ClH/c1-2-3-4-5-6-7-13-19-27-22-15-10-9-14-21(22)24-23(26)28-20-18-25-16-11-8-12-17-25;/h9-10,14-15H,2-8,11-13,16-20H2,1H3,(H,24,26);1H. The highest BCUT2D eigenvalue weighted by Crippen LogP contribution is 2.24. The molecule has 1 saturated heterocycles. The normalized spacial score (nSPS) is 14.1. The number of carbonyl (C=O) groups is 1. The molecule has 0 aromatic heterocycles. The minimum Gasteiger partial charge on any atom is -0.491 e. The van der Waals surface area contributed by atoms with E-state index in [0.717, 1.165) is 26.1 Å². The smallest absolute Gasteiger partial charge is 0.411 e. The summed E-state index contributed by atoms with van der Waals surface area (Å²) in [6.45, 7) is 6.37. The lowest BCUT2D eigenvalue weighted by molar-refractivity contribution is 0.131. The second-order valence-electron chi connectivity index (χ2n) is 7.63. The summed E-state index contributed by atoms with van der Waals surface area (Å²) in [5, 5.41) is 2.82. The summed E-state index contributed by atoms with van der Waals surface area (Å²) in [6.07, 6.45) is 12.2. The quantitative estimate of drug-likeness (QED) is 0.377. The number of ether oxygens (including phenoxy) is 2. The van der Waals surface area contributed by atoms with Gasteiger partial charge in [-0.1, -0.05) is 64.0 Å². The first-order valence-corrected chi connectivity index (χ1v) is 11.2. The Bertz CT molecular complexity index is 551. The average Bonchev–Trinajstić information content (AvgIpc) is 2.72. The van der Waals surface area contributed by atoms with Crippen molar-refractivity contribution in [3.8, 4) is 5.75 Å². The third kappa shape index (κ3) is 11.3. The SMILES string of the molecule is CCCCCCCCCOc1ccccc1NC(=O)OCCN1CCCCC1.Cl. The molecule has 166 valence electrons. The van der Waals surface area contributed by atoms with Gasteiger partial charge in [0, 0.05) is 6.54 Å². The number of para-hydroxylation sites is 2. The first kappa shape index (κ1) is 25.6. The van der Waals surface area contributed by atoms with E-state index in [1.807, 2.05) is 24.3 Å². The fourth-order valence-corrected chi connectivity index (χ4v) is 3.53. The molecule has 1 heterocycles. The summed E-state index contributed by atoms with van der Waals surface area (Å²) >= 11 is 0. The number of nitrogens with zero attached hydrogens (tertiary/aromatic N) is 1. The third-order valence-electron chi connectivity index (χ3n) is 5.22. The summed E-state index contributed by atoms with van der Waals surface area (Å²) in [5.41, 5.74) is 0.674. The maximum Gasteiger partial charge on any atom is 0.411 e. The van der Waals surface area contributed by atoms with Crippen LogP contribution >= 0.6 is 12.4 Å². The van der Waals surface area contributed by atoms with Crippen molar-refractivity contribution in [2.24, 2.45) is 0 Å². The van der Waals surface area contributed by atoms with Gasteiger partial charge in [0.15, 0.2) is 0 Å². The third-order valence-corrected chi connectivity index (χ3v) is 5.22. The predicted octanol–water partition coefficient (Wildman–Crippen LogP) is 6.27. The molecule has 1 aliphatic rings. The van der Waals surface area contributed by atoms with Crippen LogP contribution in [0.3, 0.4) is 0 Å². The van der Waals surface area contributed by atoms with E-state index in [1.165, 1.54) is 57.8 Å². The van der Waals surface area contributed by atoms with Crippen molar-refractivity contribution < 1.29 is 14.3 Å². The molecule has 1 aliphatic heterocycles. The van der Waals surface area contributed by atoms with Crippen molar-refractivity contribution in [3.63, 3.8) is 0 Å². The number of carbonyl (C=O) groups excluding carboxylic acids is 1. The Kier molecular flexibility index (Phi) is 14.4. The molecular weight excluding hydrogens is 388 g/mol. The monoisotopic (exact) mass is 426 g/mol. The van der Waals surface area contributed by atoms with Crippen LogP contribution in [0, 0.1) is 0 Å². The number of rotatable bonds is 13. The van der Waals surface area contributed by atoms with Crippen LogP contribution in [0.25, 0.3) is 0 Å². The van der Waals surface area contributed by atoms with Gasteiger partial charge in [-0.25, -0.2) is 4.79 Å². The van der Waals surface area contributed by atoms with E-state index in [4.69, 9.17) is 9.47 Å². The average molecular weight is 427 g/mol. The van der Waals surface area contributed by atoms with Crippen LogP contribution in [0.1, 0.15) is 71.1 Å². The number of hydrogen-bond donors (Lipinski definition) is 1. The second kappa shape index (κ2) is 16.3. The van der Waals surface area contributed by atoms with Crippen LogP contribution in [0.5, 0.6) is 5.75 Å². The van der Waals surface area contributed by atoms with Gasteiger partial charge in [-0.3, -0.25) is 10.2 Å². The van der Waals surface area contributed by atoms with E-state index in [2.05, 4.69) is 17.1 Å². The molecule has 1 amide bonds. The highest BCUT2D eigenvalue weighted by molar-refractivity contribution is 5.86. The van der Waals surface area contributed by atoms with Crippen molar-refractivity contribution in [1.29, 1.82) is 0 Å². The summed E-state index contributed by atoms with van der Waals surface area (Å²) in [5.74, 6) is 0.710. The molecule has 0 saturated carbocycles. The van der Waals surface area contributed by atoms with Gasteiger partial charge in [0.25, 0.3) is 0 Å². The Hall–Kier alpha value is -1.46. The highest BCUT2D eigenvalue weighted by Gasteiger charge is 2.12. The van der Waals surface area contributed by atoms with Crippen molar-refractivity contribution in [1.82, 2.24) is 4.90 Å². The van der Waals surface area contributed by atoms with Gasteiger partial charge < -0.3 is 9.47 Å². The largest absolute Gasteiger partial charge is 0.491 e. The Balaban J connectivity index is 0.00000420. The minimum absolute atomic E-state index is 0. The van der Waals surface area contributed by atoms with Crippen LogP contribution < -0.4 is 10.1 Å². The zero-order chi connectivity index (χ0) is 19.9. The van der Waals surface area contributed by atoms with Gasteiger partial charge in [-0.2, -0.15) is 0 Å². The minimum atomic E-state index is -0.413. The van der Waals surface area contributed by atoms with Gasteiger partial charge in [-0.15, -0.1) is 12.4 Å². The first-order chi connectivity index (χ1) is 13.8. The molecule has 5 nitrogen and oxygen atoms in total. The fourth-order valence-electron chi connectivity index (χ4n) is 3.53. The van der Waals surface area contributed by atoms with E-state index in [-0.39, 0.29) is 12.4 Å². The number of hydrogen-bond acceptors (Lipinski definition) is 4. The fraction of sp³-hybridized carbons (Fsp3) is 0.696. The molecule has 0 aliphatic carbocycles. The number of piperidine rings is 1. The van der Waals surface area contributed by atoms with E-state index >= 15 is 0 Å². The maximum atomic E-state index is 12.1. The molecule has 29 heavy (non-hydrogen) atoms. The van der Waals surface area contributed by atoms with E-state index in [0.29, 0.717) is 24.7 Å². The molecule has 0 atom stereocenters. The molecule has 6 heteroatoms. The predicted molar refractivity (Wildman–Crippen MR) is 122 cm³/mol. The molecule has 1 aromatic rings. The molecular formula is C23H39ClN2O3. The van der Waals surface area contributed by atoms with Gasteiger partial charge in [0.2, 0.25) is 0 Å². The Morgan fingerprint density at radius 2 is 1.66 bits per heavy atom. The van der Waals surface area contributed by atoms with Crippen molar-refractivity contribution >= 4 is 24.2 Å². The zero-order valence-corrected chi connectivity index (χ0v) is 18.8. The first-order valence-electron chi connectivity index (χ1n) is 11.2. The molecule has 1 N–H and O–H groups in total. The number of anilines is 1. The summed E-state index contributed by atoms with van der Waals surface area (Å²) < 4.78 is 11.2. The number of amides is 1. The Morgan fingerprint density at radius 3 is 2.41 bits per heavy atom. The van der Waals surface area contributed by atoms with Crippen LogP contribution in [-0.2, 0) is 4.74 Å².